The van der Waals surface area contributed by atoms with Gasteiger partial charge in [-0.25, -0.2) is 0 Å². The second kappa shape index (κ2) is 7.60. The van der Waals surface area contributed by atoms with Crippen LogP contribution in [0.5, 0.6) is 0 Å². The standard InChI is InChI=1S/C11H23N3O2/c1-10(3-8-16-2)13-11(15)9-14-6-4-12-5-7-14/h10,12H,3-9H2,1-2H3,(H,13,15). The maximum absolute atomic E-state index is 11.7. The largest absolute Gasteiger partial charge is 0.385 e. The van der Waals surface area contributed by atoms with Gasteiger partial charge in [-0.2, -0.15) is 0 Å². The fraction of sp³-hybridized carbons (Fsp3) is 0.909. The molecule has 16 heavy (non-hydrogen) atoms. The molecule has 1 aliphatic heterocycles. The Morgan fingerprint density at radius 1 is 1.50 bits per heavy atom. The molecule has 0 aromatic carbocycles. The SMILES string of the molecule is COCCC(C)NC(=O)CN1CCNCC1. The minimum Gasteiger partial charge on any atom is -0.385 e. The summed E-state index contributed by atoms with van der Waals surface area (Å²) in [5, 5.41) is 6.25. The second-order valence-electron chi connectivity index (χ2n) is 4.28. The van der Waals surface area contributed by atoms with Gasteiger partial charge in [0.1, 0.15) is 0 Å². The molecule has 0 saturated carbocycles. The molecule has 1 amide bonds. The molecular weight excluding hydrogens is 206 g/mol. The molecule has 0 spiro atoms. The number of carbonyl (C=O) groups is 1. The normalized spacial score (nSPS) is 19.4. The van der Waals surface area contributed by atoms with E-state index in [1.165, 1.54) is 0 Å². The van der Waals surface area contributed by atoms with Crippen molar-refractivity contribution in [1.82, 2.24) is 15.5 Å². The maximum atomic E-state index is 11.7. The first-order chi connectivity index (χ1) is 7.72. The number of rotatable bonds is 6. The number of nitrogens with zero attached hydrogens (tertiary/aromatic N) is 1. The Kier molecular flexibility index (Phi) is 6.37. The number of carbonyl (C=O) groups excluding carboxylic acids is 1. The Bertz CT molecular complexity index is 205. The van der Waals surface area contributed by atoms with E-state index in [1.807, 2.05) is 6.92 Å². The van der Waals surface area contributed by atoms with Crippen LogP contribution < -0.4 is 10.6 Å². The summed E-state index contributed by atoms with van der Waals surface area (Å²) in [4.78, 5) is 13.8. The van der Waals surface area contributed by atoms with E-state index in [2.05, 4.69) is 15.5 Å². The van der Waals surface area contributed by atoms with Crippen molar-refractivity contribution in [2.45, 2.75) is 19.4 Å². The Morgan fingerprint density at radius 3 is 2.81 bits per heavy atom. The van der Waals surface area contributed by atoms with Crippen molar-refractivity contribution in [1.29, 1.82) is 0 Å². The van der Waals surface area contributed by atoms with Crippen LogP contribution in [-0.4, -0.2) is 63.3 Å². The minimum atomic E-state index is 0.116. The number of methoxy groups -OCH3 is 1. The molecule has 1 fully saturated rings. The van der Waals surface area contributed by atoms with E-state index in [9.17, 15) is 4.79 Å². The first-order valence-corrected chi connectivity index (χ1v) is 5.93. The molecule has 5 nitrogen and oxygen atoms in total. The molecule has 0 aromatic heterocycles. The third-order valence-corrected chi connectivity index (χ3v) is 2.74. The van der Waals surface area contributed by atoms with Crippen LogP contribution in [0.2, 0.25) is 0 Å². The lowest BCUT2D eigenvalue weighted by atomic mass is 10.2. The highest BCUT2D eigenvalue weighted by Gasteiger charge is 2.14. The van der Waals surface area contributed by atoms with Gasteiger partial charge in [0.2, 0.25) is 5.91 Å². The highest BCUT2D eigenvalue weighted by atomic mass is 16.5. The lowest BCUT2D eigenvalue weighted by Gasteiger charge is -2.27. The molecule has 0 bridgehead atoms. The van der Waals surface area contributed by atoms with Crippen molar-refractivity contribution in [3.05, 3.63) is 0 Å². The summed E-state index contributed by atoms with van der Waals surface area (Å²) in [6.07, 6.45) is 0.865. The van der Waals surface area contributed by atoms with E-state index >= 15 is 0 Å². The summed E-state index contributed by atoms with van der Waals surface area (Å²) in [5.41, 5.74) is 0. The summed E-state index contributed by atoms with van der Waals surface area (Å²) < 4.78 is 4.97. The Morgan fingerprint density at radius 2 is 2.19 bits per heavy atom. The minimum absolute atomic E-state index is 0.116. The summed E-state index contributed by atoms with van der Waals surface area (Å²) >= 11 is 0. The first kappa shape index (κ1) is 13.4. The number of piperazine rings is 1. The van der Waals surface area contributed by atoms with E-state index < -0.39 is 0 Å². The van der Waals surface area contributed by atoms with Gasteiger partial charge in [-0.1, -0.05) is 0 Å². The number of hydrogen-bond donors (Lipinski definition) is 2. The molecule has 0 radical (unpaired) electrons. The quantitative estimate of drug-likeness (QED) is 0.640. The van der Waals surface area contributed by atoms with Crippen LogP contribution in [0.3, 0.4) is 0 Å². The summed E-state index contributed by atoms with van der Waals surface area (Å²) in [7, 11) is 1.68. The van der Waals surface area contributed by atoms with Gasteiger partial charge >= 0.3 is 0 Å². The molecule has 1 aliphatic rings. The Balaban J connectivity index is 2.13. The van der Waals surface area contributed by atoms with Crippen LogP contribution in [0.1, 0.15) is 13.3 Å². The van der Waals surface area contributed by atoms with Gasteiger partial charge in [0, 0.05) is 45.9 Å². The van der Waals surface area contributed by atoms with Gasteiger partial charge in [0.15, 0.2) is 0 Å². The number of hydrogen-bond acceptors (Lipinski definition) is 4. The average Bonchev–Trinajstić information content (AvgIpc) is 2.27. The highest BCUT2D eigenvalue weighted by molar-refractivity contribution is 5.78. The first-order valence-electron chi connectivity index (χ1n) is 5.93. The molecule has 1 unspecified atom stereocenters. The van der Waals surface area contributed by atoms with E-state index in [4.69, 9.17) is 4.74 Å². The van der Waals surface area contributed by atoms with E-state index in [1.54, 1.807) is 7.11 Å². The lowest BCUT2D eigenvalue weighted by molar-refractivity contribution is -0.123. The van der Waals surface area contributed by atoms with Crippen molar-refractivity contribution in [2.75, 3.05) is 46.4 Å². The van der Waals surface area contributed by atoms with Crippen LogP contribution in [0.4, 0.5) is 0 Å². The smallest absolute Gasteiger partial charge is 0.234 e. The average molecular weight is 229 g/mol. The zero-order valence-corrected chi connectivity index (χ0v) is 10.3. The highest BCUT2D eigenvalue weighted by Crippen LogP contribution is 1.94. The number of nitrogens with one attached hydrogen (secondary N) is 2. The topological polar surface area (TPSA) is 53.6 Å². The zero-order chi connectivity index (χ0) is 11.8. The van der Waals surface area contributed by atoms with Gasteiger partial charge < -0.3 is 15.4 Å². The third-order valence-electron chi connectivity index (χ3n) is 2.74. The fourth-order valence-corrected chi connectivity index (χ4v) is 1.76. The van der Waals surface area contributed by atoms with E-state index in [0.29, 0.717) is 13.2 Å². The number of amides is 1. The van der Waals surface area contributed by atoms with Crippen LogP contribution in [0.15, 0.2) is 0 Å². The molecule has 5 heteroatoms. The Hall–Kier alpha value is -0.650. The summed E-state index contributed by atoms with van der Waals surface area (Å²) in [6.45, 7) is 7.08. The van der Waals surface area contributed by atoms with Crippen molar-refractivity contribution >= 4 is 5.91 Å². The van der Waals surface area contributed by atoms with Gasteiger partial charge in [-0.3, -0.25) is 9.69 Å². The van der Waals surface area contributed by atoms with Crippen molar-refractivity contribution in [3.8, 4) is 0 Å². The van der Waals surface area contributed by atoms with Gasteiger partial charge in [0.05, 0.1) is 6.54 Å². The maximum Gasteiger partial charge on any atom is 0.234 e. The molecule has 1 atom stereocenters. The molecule has 2 N–H and O–H groups in total. The van der Waals surface area contributed by atoms with E-state index in [0.717, 1.165) is 32.6 Å². The lowest BCUT2D eigenvalue weighted by Crippen LogP contribution is -2.48. The summed E-state index contributed by atoms with van der Waals surface area (Å²) in [5.74, 6) is 0.116. The van der Waals surface area contributed by atoms with Crippen molar-refractivity contribution in [3.63, 3.8) is 0 Å². The predicted octanol–water partition coefficient (Wildman–Crippen LogP) is -0.567. The van der Waals surface area contributed by atoms with Crippen LogP contribution >= 0.6 is 0 Å². The van der Waals surface area contributed by atoms with Crippen molar-refractivity contribution in [2.24, 2.45) is 0 Å². The van der Waals surface area contributed by atoms with Gasteiger partial charge in [-0.05, 0) is 13.3 Å². The van der Waals surface area contributed by atoms with Crippen LogP contribution in [0, 0.1) is 0 Å². The monoisotopic (exact) mass is 229 g/mol. The molecule has 1 saturated heterocycles. The van der Waals surface area contributed by atoms with Crippen LogP contribution in [0.25, 0.3) is 0 Å². The molecular formula is C11H23N3O2. The second-order valence-corrected chi connectivity index (χ2v) is 4.28. The molecule has 0 aromatic rings. The third kappa shape index (κ3) is 5.44. The number of ether oxygens (including phenoxy) is 1. The van der Waals surface area contributed by atoms with Crippen LogP contribution in [-0.2, 0) is 9.53 Å². The van der Waals surface area contributed by atoms with Gasteiger partial charge in [-0.15, -0.1) is 0 Å². The Labute approximate surface area is 97.5 Å². The van der Waals surface area contributed by atoms with E-state index in [-0.39, 0.29) is 11.9 Å². The predicted molar refractivity (Wildman–Crippen MR) is 63.4 cm³/mol. The fourth-order valence-electron chi connectivity index (χ4n) is 1.76. The van der Waals surface area contributed by atoms with Gasteiger partial charge in [0.25, 0.3) is 0 Å². The molecule has 1 rings (SSSR count). The molecule has 94 valence electrons. The van der Waals surface area contributed by atoms with Crippen molar-refractivity contribution < 1.29 is 9.53 Å². The summed E-state index contributed by atoms with van der Waals surface area (Å²) in [6, 6.07) is 0.190. The molecule has 0 aliphatic carbocycles. The zero-order valence-electron chi connectivity index (χ0n) is 10.3. The molecule has 1 heterocycles.